The zero-order valence-electron chi connectivity index (χ0n) is 12.7. The molecule has 1 N–H and O–H groups in total. The zero-order valence-corrected chi connectivity index (χ0v) is 12.7. The van der Waals surface area contributed by atoms with Crippen molar-refractivity contribution in [2.75, 3.05) is 6.54 Å². The molecule has 1 heterocycles. The van der Waals surface area contributed by atoms with Gasteiger partial charge in [-0.25, -0.2) is 9.67 Å². The second kappa shape index (κ2) is 7.04. The predicted molar refractivity (Wildman–Crippen MR) is 78.4 cm³/mol. The van der Waals surface area contributed by atoms with Crippen LogP contribution in [-0.4, -0.2) is 27.4 Å². The van der Waals surface area contributed by atoms with Crippen LogP contribution in [0.4, 0.5) is 0 Å². The van der Waals surface area contributed by atoms with Gasteiger partial charge in [-0.2, -0.15) is 5.10 Å². The van der Waals surface area contributed by atoms with Gasteiger partial charge in [-0.15, -0.1) is 0 Å². The summed E-state index contributed by atoms with van der Waals surface area (Å²) in [6.07, 6.45) is 8.21. The zero-order chi connectivity index (χ0) is 13.7. The number of aryl methyl sites for hydroxylation is 2. The summed E-state index contributed by atoms with van der Waals surface area (Å²) < 4.78 is 2.22. The molecule has 1 fully saturated rings. The average Bonchev–Trinajstić information content (AvgIpc) is 2.89. The molecule has 0 bridgehead atoms. The molecular formula is C15H28N4. The smallest absolute Gasteiger partial charge is 0.150 e. The Morgan fingerprint density at radius 1 is 1.21 bits per heavy atom. The van der Waals surface area contributed by atoms with E-state index >= 15 is 0 Å². The van der Waals surface area contributed by atoms with Crippen molar-refractivity contribution in [3.05, 3.63) is 11.6 Å². The Labute approximate surface area is 117 Å². The largest absolute Gasteiger partial charge is 0.314 e. The summed E-state index contributed by atoms with van der Waals surface area (Å²) in [5.41, 5.74) is 0. The first-order valence-corrected chi connectivity index (χ1v) is 7.96. The molecule has 19 heavy (non-hydrogen) atoms. The van der Waals surface area contributed by atoms with Crippen LogP contribution in [0.5, 0.6) is 0 Å². The summed E-state index contributed by atoms with van der Waals surface area (Å²) in [4.78, 5) is 4.64. The van der Waals surface area contributed by atoms with Gasteiger partial charge in [-0.1, -0.05) is 20.8 Å². The van der Waals surface area contributed by atoms with Crippen molar-refractivity contribution in [3.63, 3.8) is 0 Å². The van der Waals surface area contributed by atoms with Crippen LogP contribution < -0.4 is 5.32 Å². The molecule has 2 unspecified atom stereocenters. The summed E-state index contributed by atoms with van der Waals surface area (Å²) in [6, 6.07) is 1.21. The Morgan fingerprint density at radius 3 is 2.74 bits per heavy atom. The molecule has 1 aromatic heterocycles. The van der Waals surface area contributed by atoms with E-state index < -0.39 is 0 Å². The number of rotatable bonds is 6. The van der Waals surface area contributed by atoms with E-state index in [2.05, 4.69) is 35.8 Å². The predicted octanol–water partition coefficient (Wildman–Crippen LogP) is 2.89. The Morgan fingerprint density at radius 2 is 2.05 bits per heavy atom. The Hall–Kier alpha value is -0.900. The Balaban J connectivity index is 2.05. The molecule has 0 aliphatic heterocycles. The van der Waals surface area contributed by atoms with E-state index in [9.17, 15) is 0 Å². The highest BCUT2D eigenvalue weighted by atomic mass is 15.4. The van der Waals surface area contributed by atoms with Crippen LogP contribution in [0.2, 0.25) is 0 Å². The maximum absolute atomic E-state index is 4.72. The fourth-order valence-electron chi connectivity index (χ4n) is 3.01. The third-order valence-electron chi connectivity index (χ3n) is 4.05. The first kappa shape index (κ1) is 14.5. The maximum Gasteiger partial charge on any atom is 0.150 e. The Bertz CT molecular complexity index is 385. The van der Waals surface area contributed by atoms with Gasteiger partial charge in [-0.3, -0.25) is 0 Å². The van der Waals surface area contributed by atoms with Crippen LogP contribution in [0.25, 0.3) is 0 Å². The number of hydrogen-bond acceptors (Lipinski definition) is 3. The number of aromatic nitrogens is 3. The van der Waals surface area contributed by atoms with Crippen molar-refractivity contribution in [1.82, 2.24) is 20.1 Å². The van der Waals surface area contributed by atoms with Gasteiger partial charge in [0.15, 0.2) is 5.82 Å². The van der Waals surface area contributed by atoms with Gasteiger partial charge in [0.1, 0.15) is 5.82 Å². The fraction of sp³-hybridized carbons (Fsp3) is 0.867. The molecule has 0 saturated heterocycles. The quantitative estimate of drug-likeness (QED) is 0.859. The average molecular weight is 264 g/mol. The van der Waals surface area contributed by atoms with Crippen LogP contribution in [0, 0.1) is 0 Å². The molecule has 4 nitrogen and oxygen atoms in total. The van der Waals surface area contributed by atoms with Gasteiger partial charge in [0.25, 0.3) is 0 Å². The first-order valence-electron chi connectivity index (χ1n) is 7.96. The highest BCUT2D eigenvalue weighted by Gasteiger charge is 2.25. The maximum atomic E-state index is 4.72. The fourth-order valence-corrected chi connectivity index (χ4v) is 3.01. The van der Waals surface area contributed by atoms with Crippen molar-refractivity contribution in [1.29, 1.82) is 0 Å². The number of nitrogens with zero attached hydrogens (tertiary/aromatic N) is 3. The molecule has 0 amide bonds. The van der Waals surface area contributed by atoms with Crippen molar-refractivity contribution < 1.29 is 0 Å². The van der Waals surface area contributed by atoms with Gasteiger partial charge < -0.3 is 5.32 Å². The number of nitrogens with one attached hydrogen (secondary N) is 1. The van der Waals surface area contributed by atoms with E-state index in [1.807, 2.05) is 0 Å². The molecule has 108 valence electrons. The molecule has 1 aromatic rings. The summed E-state index contributed by atoms with van der Waals surface area (Å²) >= 11 is 0. The van der Waals surface area contributed by atoms with E-state index in [0.717, 1.165) is 31.0 Å². The summed E-state index contributed by atoms with van der Waals surface area (Å²) in [6.45, 7) is 7.67. The topological polar surface area (TPSA) is 42.7 Å². The van der Waals surface area contributed by atoms with E-state index in [0.29, 0.717) is 12.1 Å². The summed E-state index contributed by atoms with van der Waals surface area (Å²) in [7, 11) is 0. The van der Waals surface area contributed by atoms with Crippen molar-refractivity contribution in [3.8, 4) is 0 Å². The summed E-state index contributed by atoms with van der Waals surface area (Å²) in [5, 5.41) is 8.38. The standard InChI is InChI=1S/C15H28N4/c1-4-10-16-12-8-7-9-13(11-12)19-15(6-3)17-14(5-2)18-19/h12-13,16H,4-11H2,1-3H3. The second-order valence-corrected chi connectivity index (χ2v) is 5.57. The van der Waals surface area contributed by atoms with E-state index in [-0.39, 0.29) is 0 Å². The monoisotopic (exact) mass is 264 g/mol. The van der Waals surface area contributed by atoms with Crippen molar-refractivity contribution in [2.45, 2.75) is 77.8 Å². The van der Waals surface area contributed by atoms with Gasteiger partial charge in [0.2, 0.25) is 0 Å². The van der Waals surface area contributed by atoms with Crippen molar-refractivity contribution >= 4 is 0 Å². The minimum Gasteiger partial charge on any atom is -0.314 e. The van der Waals surface area contributed by atoms with Gasteiger partial charge >= 0.3 is 0 Å². The van der Waals surface area contributed by atoms with Crippen LogP contribution in [0.3, 0.4) is 0 Å². The lowest BCUT2D eigenvalue weighted by Gasteiger charge is -2.30. The van der Waals surface area contributed by atoms with Gasteiger partial charge in [0, 0.05) is 18.9 Å². The molecule has 1 aliphatic carbocycles. The Kier molecular flexibility index (Phi) is 5.37. The van der Waals surface area contributed by atoms with Crippen molar-refractivity contribution in [2.24, 2.45) is 0 Å². The minimum absolute atomic E-state index is 0.547. The second-order valence-electron chi connectivity index (χ2n) is 5.57. The SMILES string of the molecule is CCCNC1CCCC(n2nc(CC)nc2CC)C1. The third-order valence-corrected chi connectivity index (χ3v) is 4.05. The summed E-state index contributed by atoms with van der Waals surface area (Å²) in [5.74, 6) is 2.17. The molecule has 1 aliphatic rings. The highest BCUT2D eigenvalue weighted by molar-refractivity contribution is 4.96. The van der Waals surface area contributed by atoms with E-state index in [4.69, 9.17) is 5.10 Å². The molecule has 4 heteroatoms. The molecular weight excluding hydrogens is 236 g/mol. The third kappa shape index (κ3) is 3.56. The molecule has 2 atom stereocenters. The van der Waals surface area contributed by atoms with E-state index in [1.54, 1.807) is 0 Å². The first-order chi connectivity index (χ1) is 9.28. The van der Waals surface area contributed by atoms with E-state index in [1.165, 1.54) is 32.1 Å². The highest BCUT2D eigenvalue weighted by Crippen LogP contribution is 2.29. The molecule has 1 saturated carbocycles. The number of hydrogen-bond donors (Lipinski definition) is 1. The normalized spacial score (nSPS) is 23.7. The van der Waals surface area contributed by atoms with Gasteiger partial charge in [-0.05, 0) is 38.6 Å². The lowest BCUT2D eigenvalue weighted by atomic mass is 9.91. The molecule has 0 spiro atoms. The lowest BCUT2D eigenvalue weighted by Crippen LogP contribution is -2.36. The lowest BCUT2D eigenvalue weighted by molar-refractivity contribution is 0.265. The van der Waals surface area contributed by atoms with Crippen LogP contribution in [0.1, 0.15) is 70.6 Å². The van der Waals surface area contributed by atoms with Crippen LogP contribution >= 0.6 is 0 Å². The van der Waals surface area contributed by atoms with Crippen LogP contribution in [-0.2, 0) is 12.8 Å². The minimum atomic E-state index is 0.547. The molecule has 0 aromatic carbocycles. The molecule has 0 radical (unpaired) electrons. The van der Waals surface area contributed by atoms with Crippen LogP contribution in [0.15, 0.2) is 0 Å². The van der Waals surface area contributed by atoms with Gasteiger partial charge in [0.05, 0.1) is 6.04 Å². The molecule has 2 rings (SSSR count).